The van der Waals surface area contributed by atoms with Gasteiger partial charge in [-0.3, -0.25) is 9.36 Å². The largest absolute Gasteiger partial charge is 0.324 e. The number of fused-ring (bicyclic) bond motifs is 1. The molecule has 208 valence electrons. The van der Waals surface area contributed by atoms with E-state index in [9.17, 15) is 4.79 Å². The highest BCUT2D eigenvalue weighted by Crippen LogP contribution is 2.32. The Kier molecular flexibility index (Phi) is 7.51. The Morgan fingerprint density at radius 2 is 1.76 bits per heavy atom. The Morgan fingerprint density at radius 1 is 0.976 bits per heavy atom. The topological polar surface area (TPSA) is 88.8 Å². The predicted molar refractivity (Wildman–Crippen MR) is 165 cm³/mol. The minimum atomic E-state index is -0.153. The van der Waals surface area contributed by atoms with Crippen LogP contribution in [0.1, 0.15) is 37.1 Å². The molecule has 1 fully saturated rings. The molecule has 5 aromatic rings. The molecule has 4 heterocycles. The normalized spacial score (nSPS) is 14.4. The van der Waals surface area contributed by atoms with Gasteiger partial charge in [-0.2, -0.15) is 4.98 Å². The van der Waals surface area contributed by atoms with Crippen LogP contribution in [0, 0.1) is 6.92 Å². The zero-order valence-electron chi connectivity index (χ0n) is 23.4. The van der Waals surface area contributed by atoms with Crippen molar-refractivity contribution in [1.82, 2.24) is 29.4 Å². The summed E-state index contributed by atoms with van der Waals surface area (Å²) in [5.41, 5.74) is 5.50. The predicted octanol–water partition coefficient (Wildman–Crippen LogP) is 6.45. The van der Waals surface area contributed by atoms with Crippen molar-refractivity contribution < 1.29 is 0 Å². The summed E-state index contributed by atoms with van der Waals surface area (Å²) in [6, 6.07) is 17.8. The summed E-state index contributed by atoms with van der Waals surface area (Å²) < 4.78 is 1.67. The second kappa shape index (κ2) is 11.4. The Balaban J connectivity index is 1.28. The fourth-order valence-corrected chi connectivity index (χ4v) is 5.81. The molecule has 0 amide bonds. The van der Waals surface area contributed by atoms with E-state index >= 15 is 0 Å². The van der Waals surface area contributed by atoms with Gasteiger partial charge >= 0.3 is 0 Å². The van der Waals surface area contributed by atoms with E-state index in [4.69, 9.17) is 16.6 Å². The lowest BCUT2D eigenvalue weighted by Gasteiger charge is -2.29. The molecular weight excluding hydrogens is 534 g/mol. The summed E-state index contributed by atoms with van der Waals surface area (Å²) in [6.07, 6.45) is 5.84. The molecule has 1 aliphatic heterocycles. The van der Waals surface area contributed by atoms with Gasteiger partial charge in [0, 0.05) is 51.7 Å². The third-order valence-electron chi connectivity index (χ3n) is 7.83. The summed E-state index contributed by atoms with van der Waals surface area (Å²) in [6.45, 7) is 6.51. The third-order valence-corrected chi connectivity index (χ3v) is 8.14. The fraction of sp³-hybridized carbons (Fsp3) is 0.281. The van der Waals surface area contributed by atoms with Crippen molar-refractivity contribution in [3.8, 4) is 22.4 Å². The van der Waals surface area contributed by atoms with Crippen LogP contribution in [0.2, 0.25) is 5.02 Å². The van der Waals surface area contributed by atoms with E-state index in [1.807, 2.05) is 44.2 Å². The number of aromatic nitrogens is 5. The Hall–Kier alpha value is -4.14. The van der Waals surface area contributed by atoms with Gasteiger partial charge in [0.2, 0.25) is 5.95 Å². The smallest absolute Gasteiger partial charge is 0.260 e. The highest BCUT2D eigenvalue weighted by Gasteiger charge is 2.19. The van der Waals surface area contributed by atoms with Crippen LogP contribution in [0.3, 0.4) is 0 Å². The molecule has 2 aromatic carbocycles. The summed E-state index contributed by atoms with van der Waals surface area (Å²) in [4.78, 5) is 34.0. The van der Waals surface area contributed by atoms with Gasteiger partial charge in [0.1, 0.15) is 11.5 Å². The van der Waals surface area contributed by atoms with Gasteiger partial charge in [-0.25, -0.2) is 15.0 Å². The number of nitrogens with one attached hydrogen (secondary N) is 1. The number of piperidine rings is 1. The van der Waals surface area contributed by atoms with E-state index in [-0.39, 0.29) is 5.56 Å². The van der Waals surface area contributed by atoms with Crippen LogP contribution >= 0.6 is 11.6 Å². The fourth-order valence-electron chi connectivity index (χ4n) is 5.53. The van der Waals surface area contributed by atoms with Crippen LogP contribution in [-0.4, -0.2) is 49.5 Å². The van der Waals surface area contributed by atoms with Crippen LogP contribution in [0.4, 0.5) is 11.6 Å². The van der Waals surface area contributed by atoms with Gasteiger partial charge in [0.05, 0.1) is 5.69 Å². The highest BCUT2D eigenvalue weighted by molar-refractivity contribution is 6.33. The Morgan fingerprint density at radius 3 is 2.46 bits per heavy atom. The zero-order chi connectivity index (χ0) is 28.5. The molecule has 0 aliphatic carbocycles. The number of hydrogen-bond acceptors (Lipinski definition) is 7. The maximum Gasteiger partial charge on any atom is 0.260 e. The number of pyridine rings is 1. The number of halogens is 1. The number of nitrogens with zero attached hydrogens (tertiary/aromatic N) is 6. The van der Waals surface area contributed by atoms with Crippen LogP contribution in [0.15, 0.2) is 71.8 Å². The number of rotatable bonds is 6. The van der Waals surface area contributed by atoms with Crippen molar-refractivity contribution in [2.75, 3.05) is 25.5 Å². The quantitative estimate of drug-likeness (QED) is 0.253. The first-order valence-electron chi connectivity index (χ1n) is 14.0. The SMILES string of the molecule is CCn1c(=O)c(-c2ccc(-c3ccnc(C)n3)cc2Cl)cc2cnc(Nc3ccc(C4CCN(C)CC4)cc3)nc21. The molecule has 0 bridgehead atoms. The summed E-state index contributed by atoms with van der Waals surface area (Å²) in [5, 5.41) is 4.54. The van der Waals surface area contributed by atoms with E-state index in [0.717, 1.165) is 35.4 Å². The summed E-state index contributed by atoms with van der Waals surface area (Å²) >= 11 is 6.72. The first-order chi connectivity index (χ1) is 19.9. The Bertz CT molecular complexity index is 1780. The number of anilines is 2. The summed E-state index contributed by atoms with van der Waals surface area (Å²) in [7, 11) is 2.18. The minimum Gasteiger partial charge on any atom is -0.324 e. The molecule has 0 unspecified atom stereocenters. The molecule has 1 N–H and O–H groups in total. The van der Waals surface area contributed by atoms with Crippen molar-refractivity contribution in [3.63, 3.8) is 0 Å². The second-order valence-corrected chi connectivity index (χ2v) is 11.0. The van der Waals surface area contributed by atoms with E-state index in [1.165, 1.54) is 18.4 Å². The molecular formula is C32H32ClN7O. The maximum absolute atomic E-state index is 13.6. The van der Waals surface area contributed by atoms with E-state index < -0.39 is 0 Å². The minimum absolute atomic E-state index is 0.153. The van der Waals surface area contributed by atoms with Gasteiger partial charge in [0.25, 0.3) is 5.56 Å². The molecule has 6 rings (SSSR count). The lowest BCUT2D eigenvalue weighted by molar-refractivity contribution is 0.255. The lowest BCUT2D eigenvalue weighted by atomic mass is 9.89. The molecule has 41 heavy (non-hydrogen) atoms. The highest BCUT2D eigenvalue weighted by atomic mass is 35.5. The molecule has 8 nitrogen and oxygen atoms in total. The van der Waals surface area contributed by atoms with Crippen molar-refractivity contribution in [2.24, 2.45) is 0 Å². The van der Waals surface area contributed by atoms with Crippen molar-refractivity contribution in [1.29, 1.82) is 0 Å². The second-order valence-electron chi connectivity index (χ2n) is 10.6. The molecule has 0 spiro atoms. The van der Waals surface area contributed by atoms with Gasteiger partial charge < -0.3 is 10.2 Å². The van der Waals surface area contributed by atoms with Crippen molar-refractivity contribution in [2.45, 2.75) is 39.2 Å². The molecule has 1 aliphatic rings. The number of benzene rings is 2. The van der Waals surface area contributed by atoms with E-state index in [1.54, 1.807) is 17.0 Å². The van der Waals surface area contributed by atoms with Crippen LogP contribution in [-0.2, 0) is 6.54 Å². The number of hydrogen-bond donors (Lipinski definition) is 1. The molecule has 1 saturated heterocycles. The first-order valence-corrected chi connectivity index (χ1v) is 14.3. The van der Waals surface area contributed by atoms with Crippen LogP contribution in [0.25, 0.3) is 33.4 Å². The van der Waals surface area contributed by atoms with Crippen molar-refractivity contribution >= 4 is 34.3 Å². The van der Waals surface area contributed by atoms with Crippen LogP contribution < -0.4 is 10.9 Å². The van der Waals surface area contributed by atoms with Gasteiger partial charge in [-0.05, 0) is 88.6 Å². The Labute approximate surface area is 244 Å². The average Bonchev–Trinajstić information content (AvgIpc) is 2.98. The monoisotopic (exact) mass is 565 g/mol. The first kappa shape index (κ1) is 27.1. The van der Waals surface area contributed by atoms with Crippen molar-refractivity contribution in [3.05, 3.63) is 93.8 Å². The van der Waals surface area contributed by atoms with E-state index in [0.29, 0.717) is 46.0 Å². The molecule has 0 atom stereocenters. The zero-order valence-corrected chi connectivity index (χ0v) is 24.2. The van der Waals surface area contributed by atoms with Gasteiger partial charge in [-0.15, -0.1) is 0 Å². The number of likely N-dealkylation sites (tertiary alicyclic amines) is 1. The van der Waals surface area contributed by atoms with Gasteiger partial charge in [-0.1, -0.05) is 35.9 Å². The molecule has 9 heteroatoms. The molecule has 0 radical (unpaired) electrons. The number of aryl methyl sites for hydroxylation is 2. The third kappa shape index (κ3) is 5.58. The van der Waals surface area contributed by atoms with E-state index in [2.05, 4.69) is 56.5 Å². The lowest BCUT2D eigenvalue weighted by Crippen LogP contribution is -2.29. The molecule has 0 saturated carbocycles. The maximum atomic E-state index is 13.6. The van der Waals surface area contributed by atoms with Gasteiger partial charge in [0.15, 0.2) is 0 Å². The summed E-state index contributed by atoms with van der Waals surface area (Å²) in [5.74, 6) is 1.73. The average molecular weight is 566 g/mol. The standard InChI is InChI=1S/C32H32ClN7O/c1-4-40-30-24(17-27(31(40)41)26-10-7-23(18-28(26)33)29-11-14-34-20(2)36-29)19-35-32(38-30)37-25-8-5-21(6-9-25)22-12-15-39(3)16-13-22/h5-11,14,17-19,22H,4,12-13,15-16H2,1-3H3,(H,35,37,38). The van der Waals surface area contributed by atoms with Crippen LogP contribution in [0.5, 0.6) is 0 Å². The molecule has 3 aromatic heterocycles.